The number of aryl methyl sites for hydroxylation is 2. The number of nitrogens with one attached hydrogen (secondary N) is 1. The SMILES string of the molecule is CCCCCn1cnc2sc(C(=O)Nc3cccnc3)c(C)c2c1=O. The number of aromatic nitrogens is 3. The number of anilines is 1. The number of amides is 1. The van der Waals surface area contributed by atoms with E-state index in [0.717, 1.165) is 19.3 Å². The zero-order valence-electron chi connectivity index (χ0n) is 14.3. The average molecular weight is 356 g/mol. The number of rotatable bonds is 6. The molecule has 130 valence electrons. The van der Waals surface area contributed by atoms with Gasteiger partial charge < -0.3 is 5.32 Å². The minimum absolute atomic E-state index is 0.0738. The standard InChI is InChI=1S/C18H20N4O2S/c1-3-4-5-9-22-11-20-17-14(18(22)24)12(2)15(25-17)16(23)21-13-7-6-8-19-10-13/h6-8,10-11H,3-5,9H2,1-2H3,(H,21,23). The van der Waals surface area contributed by atoms with Crippen LogP contribution >= 0.6 is 11.3 Å². The number of carbonyl (C=O) groups is 1. The summed E-state index contributed by atoms with van der Waals surface area (Å²) in [6, 6.07) is 3.52. The van der Waals surface area contributed by atoms with Crippen LogP contribution in [0, 0.1) is 6.92 Å². The summed E-state index contributed by atoms with van der Waals surface area (Å²) in [4.78, 5) is 34.7. The Bertz CT molecular complexity index is 947. The molecule has 0 fully saturated rings. The maximum atomic E-state index is 12.7. The molecule has 3 rings (SSSR count). The van der Waals surface area contributed by atoms with Crippen molar-refractivity contribution in [1.29, 1.82) is 0 Å². The lowest BCUT2D eigenvalue weighted by molar-refractivity contribution is 0.103. The van der Waals surface area contributed by atoms with Gasteiger partial charge in [-0.05, 0) is 31.0 Å². The maximum absolute atomic E-state index is 12.7. The number of hydrogen-bond acceptors (Lipinski definition) is 5. The van der Waals surface area contributed by atoms with Crippen molar-refractivity contribution < 1.29 is 4.79 Å². The van der Waals surface area contributed by atoms with Crippen molar-refractivity contribution in [3.8, 4) is 0 Å². The molecule has 25 heavy (non-hydrogen) atoms. The first-order chi connectivity index (χ1) is 12.1. The number of unbranched alkanes of at least 4 members (excludes halogenated alkanes) is 2. The minimum Gasteiger partial charge on any atom is -0.320 e. The summed E-state index contributed by atoms with van der Waals surface area (Å²) in [7, 11) is 0. The topological polar surface area (TPSA) is 76.9 Å². The van der Waals surface area contributed by atoms with Gasteiger partial charge >= 0.3 is 0 Å². The number of thiophene rings is 1. The van der Waals surface area contributed by atoms with E-state index < -0.39 is 0 Å². The first kappa shape index (κ1) is 17.3. The van der Waals surface area contributed by atoms with Crippen LogP contribution in [0.4, 0.5) is 5.69 Å². The van der Waals surface area contributed by atoms with Gasteiger partial charge in [0.15, 0.2) is 0 Å². The molecule has 0 aliphatic heterocycles. The molecule has 0 bridgehead atoms. The van der Waals surface area contributed by atoms with Gasteiger partial charge in [-0.1, -0.05) is 19.8 Å². The normalized spacial score (nSPS) is 11.0. The van der Waals surface area contributed by atoms with Crippen LogP contribution in [0.2, 0.25) is 0 Å². The van der Waals surface area contributed by atoms with Gasteiger partial charge in [0.1, 0.15) is 4.83 Å². The van der Waals surface area contributed by atoms with Crippen molar-refractivity contribution in [1.82, 2.24) is 14.5 Å². The zero-order chi connectivity index (χ0) is 17.8. The Morgan fingerprint density at radius 3 is 2.92 bits per heavy atom. The Kier molecular flexibility index (Phi) is 5.23. The molecule has 1 amide bonds. The number of hydrogen-bond donors (Lipinski definition) is 1. The summed E-state index contributed by atoms with van der Waals surface area (Å²) in [5.41, 5.74) is 1.23. The highest BCUT2D eigenvalue weighted by Crippen LogP contribution is 2.27. The summed E-state index contributed by atoms with van der Waals surface area (Å²) in [6.45, 7) is 4.58. The third-order valence-electron chi connectivity index (χ3n) is 4.05. The molecule has 0 saturated carbocycles. The van der Waals surface area contributed by atoms with Gasteiger partial charge in [-0.3, -0.25) is 19.1 Å². The molecule has 1 N–H and O–H groups in total. The first-order valence-corrected chi connectivity index (χ1v) is 9.13. The number of pyridine rings is 1. The second-order valence-electron chi connectivity index (χ2n) is 5.88. The second kappa shape index (κ2) is 7.57. The molecule has 0 unspecified atom stereocenters. The Labute approximate surface area is 149 Å². The van der Waals surface area contributed by atoms with Crippen molar-refractivity contribution in [3.05, 3.63) is 51.6 Å². The van der Waals surface area contributed by atoms with E-state index in [4.69, 9.17) is 0 Å². The number of carbonyl (C=O) groups excluding carboxylic acids is 1. The molecule has 0 aliphatic carbocycles. The van der Waals surface area contributed by atoms with Gasteiger partial charge in [-0.15, -0.1) is 11.3 Å². The van der Waals surface area contributed by atoms with Gasteiger partial charge in [-0.25, -0.2) is 4.98 Å². The maximum Gasteiger partial charge on any atom is 0.266 e. The summed E-state index contributed by atoms with van der Waals surface area (Å²) < 4.78 is 1.64. The third kappa shape index (κ3) is 3.61. The van der Waals surface area contributed by atoms with Crippen molar-refractivity contribution in [2.45, 2.75) is 39.7 Å². The lowest BCUT2D eigenvalue weighted by Gasteiger charge is -2.04. The van der Waals surface area contributed by atoms with E-state index >= 15 is 0 Å². The molecule has 3 heterocycles. The molecule has 3 aromatic rings. The molecule has 3 aromatic heterocycles. The lowest BCUT2D eigenvalue weighted by atomic mass is 10.2. The smallest absolute Gasteiger partial charge is 0.266 e. The van der Waals surface area contributed by atoms with Crippen molar-refractivity contribution in [3.63, 3.8) is 0 Å². The van der Waals surface area contributed by atoms with Crippen molar-refractivity contribution in [2.75, 3.05) is 5.32 Å². The summed E-state index contributed by atoms with van der Waals surface area (Å²) in [5.74, 6) is -0.245. The molecule has 0 aliphatic rings. The van der Waals surface area contributed by atoms with Crippen LogP contribution in [0.1, 0.15) is 41.4 Å². The highest BCUT2D eigenvalue weighted by molar-refractivity contribution is 7.20. The Balaban J connectivity index is 1.92. The molecule has 0 atom stereocenters. The summed E-state index contributed by atoms with van der Waals surface area (Å²) in [5, 5.41) is 3.35. The van der Waals surface area contributed by atoms with Crippen LogP contribution in [0.5, 0.6) is 0 Å². The van der Waals surface area contributed by atoms with Crippen LogP contribution < -0.4 is 10.9 Å². The fraction of sp³-hybridized carbons (Fsp3) is 0.333. The van der Waals surface area contributed by atoms with E-state index in [1.165, 1.54) is 11.3 Å². The first-order valence-electron chi connectivity index (χ1n) is 8.31. The summed E-state index contributed by atoms with van der Waals surface area (Å²) in [6.07, 6.45) is 7.93. The van der Waals surface area contributed by atoms with Gasteiger partial charge in [0.05, 0.1) is 28.5 Å². The van der Waals surface area contributed by atoms with E-state index in [1.807, 2.05) is 0 Å². The Morgan fingerprint density at radius 1 is 1.36 bits per heavy atom. The van der Waals surface area contributed by atoms with E-state index in [2.05, 4.69) is 22.2 Å². The minimum atomic E-state index is -0.245. The fourth-order valence-electron chi connectivity index (χ4n) is 2.69. The molecule has 0 spiro atoms. The van der Waals surface area contributed by atoms with Crippen LogP contribution in [-0.4, -0.2) is 20.4 Å². The highest BCUT2D eigenvalue weighted by atomic mass is 32.1. The Hall–Kier alpha value is -2.54. The summed E-state index contributed by atoms with van der Waals surface area (Å²) >= 11 is 1.25. The second-order valence-corrected chi connectivity index (χ2v) is 6.88. The number of fused-ring (bicyclic) bond motifs is 1. The largest absolute Gasteiger partial charge is 0.320 e. The van der Waals surface area contributed by atoms with Crippen LogP contribution in [0.3, 0.4) is 0 Å². The highest BCUT2D eigenvalue weighted by Gasteiger charge is 2.19. The molecule has 7 heteroatoms. The van der Waals surface area contributed by atoms with Crippen LogP contribution in [-0.2, 0) is 6.54 Å². The van der Waals surface area contributed by atoms with Crippen LogP contribution in [0.15, 0.2) is 35.6 Å². The predicted molar refractivity (Wildman–Crippen MR) is 100 cm³/mol. The van der Waals surface area contributed by atoms with Crippen molar-refractivity contribution in [2.24, 2.45) is 0 Å². The molecule has 0 aromatic carbocycles. The lowest BCUT2D eigenvalue weighted by Crippen LogP contribution is -2.20. The molecular formula is C18H20N4O2S. The zero-order valence-corrected chi connectivity index (χ0v) is 15.1. The van der Waals surface area contributed by atoms with E-state index in [0.29, 0.717) is 32.9 Å². The van der Waals surface area contributed by atoms with Gasteiger partial charge in [0.2, 0.25) is 0 Å². The third-order valence-corrected chi connectivity index (χ3v) is 5.24. The monoisotopic (exact) mass is 356 g/mol. The van der Waals surface area contributed by atoms with E-state index in [-0.39, 0.29) is 11.5 Å². The fourth-order valence-corrected chi connectivity index (χ4v) is 3.73. The van der Waals surface area contributed by atoms with Crippen molar-refractivity contribution >= 4 is 33.1 Å². The molecular weight excluding hydrogens is 336 g/mol. The van der Waals surface area contributed by atoms with E-state index in [1.54, 1.807) is 42.3 Å². The molecule has 0 radical (unpaired) electrons. The predicted octanol–water partition coefficient (Wildman–Crippen LogP) is 3.60. The number of nitrogens with zero attached hydrogens (tertiary/aromatic N) is 3. The van der Waals surface area contributed by atoms with Gasteiger partial charge in [0, 0.05) is 12.7 Å². The van der Waals surface area contributed by atoms with Gasteiger partial charge in [-0.2, -0.15) is 0 Å². The van der Waals surface area contributed by atoms with E-state index in [9.17, 15) is 9.59 Å². The Morgan fingerprint density at radius 2 is 2.20 bits per heavy atom. The van der Waals surface area contributed by atoms with Crippen LogP contribution in [0.25, 0.3) is 10.2 Å². The quantitative estimate of drug-likeness (QED) is 0.685. The molecule has 6 nitrogen and oxygen atoms in total. The average Bonchev–Trinajstić information content (AvgIpc) is 2.95. The van der Waals surface area contributed by atoms with Gasteiger partial charge in [0.25, 0.3) is 11.5 Å². The molecule has 0 saturated heterocycles.